The van der Waals surface area contributed by atoms with Gasteiger partial charge in [0.25, 0.3) is 0 Å². The summed E-state index contributed by atoms with van der Waals surface area (Å²) in [6, 6.07) is 20.1. The molecule has 1 aliphatic carbocycles. The van der Waals surface area contributed by atoms with E-state index >= 15 is 0 Å². The summed E-state index contributed by atoms with van der Waals surface area (Å²) in [5.74, 6) is 5.21. The van der Waals surface area contributed by atoms with Crippen LogP contribution in [0.1, 0.15) is 91.0 Å². The van der Waals surface area contributed by atoms with Crippen LogP contribution in [0.5, 0.6) is 11.5 Å². The molecule has 3 aromatic carbocycles. The first-order valence-corrected chi connectivity index (χ1v) is 18.7. The molecular weight excluding hydrogens is 678 g/mol. The second-order valence-corrected chi connectivity index (χ2v) is 15.5. The first-order valence-electron chi connectivity index (χ1n) is 17.2. The topological polar surface area (TPSA) is 181 Å². The number of phenols is 1. The third-order valence-electron chi connectivity index (χ3n) is 11.0. The number of fused-ring (bicyclic) bond motifs is 7. The van der Waals surface area contributed by atoms with E-state index in [2.05, 4.69) is 16.8 Å². The van der Waals surface area contributed by atoms with E-state index in [9.17, 15) is 23.2 Å². The van der Waals surface area contributed by atoms with Gasteiger partial charge in [-0.3, -0.25) is 0 Å². The van der Waals surface area contributed by atoms with E-state index in [1.807, 2.05) is 61.5 Å². The van der Waals surface area contributed by atoms with Gasteiger partial charge in [0, 0.05) is 35.6 Å². The van der Waals surface area contributed by atoms with E-state index in [1.165, 1.54) is 0 Å². The Morgan fingerprint density at radius 2 is 1.73 bits per heavy atom. The van der Waals surface area contributed by atoms with Gasteiger partial charge in [-0.15, -0.1) is 0 Å². The first-order chi connectivity index (χ1) is 24.0. The minimum absolute atomic E-state index is 0. The molecule has 0 aromatic heterocycles. The van der Waals surface area contributed by atoms with Crippen LogP contribution < -0.4 is 45.8 Å². The van der Waals surface area contributed by atoms with E-state index < -0.39 is 39.7 Å². The summed E-state index contributed by atoms with van der Waals surface area (Å²) in [5, 5.41) is 19.7. The molecule has 1 saturated heterocycles. The van der Waals surface area contributed by atoms with E-state index in [0.29, 0.717) is 42.6 Å². The van der Waals surface area contributed by atoms with Crippen LogP contribution in [-0.2, 0) is 14.9 Å². The van der Waals surface area contributed by atoms with Crippen molar-refractivity contribution in [1.82, 2.24) is 0 Å². The number of phenolic OH excluding ortho intramolecular Hbond substituents is 1. The van der Waals surface area contributed by atoms with Crippen molar-refractivity contribution in [2.75, 3.05) is 6.61 Å². The molecule has 6 aliphatic heterocycles. The van der Waals surface area contributed by atoms with Crippen LogP contribution in [0.15, 0.2) is 83.4 Å². The number of allylic oxidation sites excluding steroid dienone is 1. The number of aliphatic hydroxyl groups excluding tert-OH is 1. The summed E-state index contributed by atoms with van der Waals surface area (Å²) >= 11 is 0. The molecule has 7 aliphatic rings. The molecule has 3 aromatic rings. The fourth-order valence-electron chi connectivity index (χ4n) is 8.51. The zero-order valence-electron chi connectivity index (χ0n) is 28.8. The Balaban J connectivity index is 0.00000448. The molecule has 0 spiro atoms. The molecule has 51 heavy (non-hydrogen) atoms. The summed E-state index contributed by atoms with van der Waals surface area (Å²) in [5.41, 5.74) is 16.4. The van der Waals surface area contributed by atoms with Crippen molar-refractivity contribution in [2.45, 2.75) is 74.5 Å². The van der Waals surface area contributed by atoms with Gasteiger partial charge < -0.3 is 35.7 Å². The molecule has 8 bridgehead atoms. The van der Waals surface area contributed by atoms with Gasteiger partial charge in [0.05, 0.1) is 21.5 Å². The smallest absolute Gasteiger partial charge is 0.748 e. The Morgan fingerprint density at radius 1 is 1.02 bits per heavy atom. The molecule has 9 atom stereocenters. The van der Waals surface area contributed by atoms with E-state index in [-0.39, 0.29) is 78.0 Å². The third kappa shape index (κ3) is 7.74. The van der Waals surface area contributed by atoms with Crippen LogP contribution in [0, 0.1) is 29.6 Å². The van der Waals surface area contributed by atoms with Crippen molar-refractivity contribution in [3.8, 4) is 23.3 Å². The van der Waals surface area contributed by atoms with Gasteiger partial charge in [0.15, 0.2) is 5.96 Å². The number of hydrogen-bond donors (Lipinski definition) is 4. The number of guanidine groups is 1. The zero-order chi connectivity index (χ0) is 35.2. The van der Waals surface area contributed by atoms with Crippen LogP contribution >= 0.6 is 0 Å². The summed E-state index contributed by atoms with van der Waals surface area (Å²) in [6.45, 7) is 1.86. The number of ether oxygens (including phenoxy) is 2. The van der Waals surface area contributed by atoms with E-state index in [1.54, 1.807) is 18.2 Å². The molecule has 12 heteroatoms. The molecule has 6 N–H and O–H groups in total. The Labute approximate surface area is 321 Å². The third-order valence-corrected chi connectivity index (χ3v) is 12.2. The quantitative estimate of drug-likeness (QED) is 0.0785. The number of benzene rings is 3. The molecule has 10 nitrogen and oxygen atoms in total. The molecule has 0 radical (unpaired) electrons. The molecule has 6 heterocycles. The van der Waals surface area contributed by atoms with Gasteiger partial charge >= 0.3 is 29.6 Å². The van der Waals surface area contributed by atoms with Gasteiger partial charge in [0.1, 0.15) is 17.6 Å². The van der Waals surface area contributed by atoms with Gasteiger partial charge in [-0.05, 0) is 90.3 Å². The minimum atomic E-state index is -4.81. The number of aliphatic hydroxyl groups is 1. The van der Waals surface area contributed by atoms with E-state index in [0.717, 1.165) is 22.3 Å². The number of nitrogens with two attached hydrogens (primary N) is 2. The Morgan fingerprint density at radius 3 is 2.39 bits per heavy atom. The maximum Gasteiger partial charge on any atom is 1.00 e. The van der Waals surface area contributed by atoms with Crippen molar-refractivity contribution in [1.29, 1.82) is 0 Å². The second-order valence-electron chi connectivity index (χ2n) is 14.0. The first kappa shape index (κ1) is 37.4. The van der Waals surface area contributed by atoms with Crippen molar-refractivity contribution in [3.05, 3.63) is 106 Å². The molecule has 0 unspecified atom stereocenters. The van der Waals surface area contributed by atoms with Crippen molar-refractivity contribution in [2.24, 2.45) is 34.2 Å². The van der Waals surface area contributed by atoms with Gasteiger partial charge in [-0.2, -0.15) is 0 Å². The molecule has 0 saturated carbocycles. The molecule has 262 valence electrons. The van der Waals surface area contributed by atoms with Crippen LogP contribution in [-0.4, -0.2) is 47.1 Å². The SMILES string of the molecule is CC[C@@H]1C[C@@H](S(=O)(=O)[O-])[C@H]2C=C3C[C@@H](C[C@@H]4O[C@H]3c3ccc(O)cc3C#CC[C@H]4CO)[C@@H]2c2ccc(cc2)[C@H](N=C(N)N)Oc2ccc1cc2.[Na+]. The van der Waals surface area contributed by atoms with Crippen molar-refractivity contribution in [3.63, 3.8) is 0 Å². The predicted octanol–water partition coefficient (Wildman–Crippen LogP) is 2.10. The summed E-state index contributed by atoms with van der Waals surface area (Å²) in [4.78, 5) is 4.35. The second kappa shape index (κ2) is 15.3. The molecule has 10 rings (SSSR count). The fourth-order valence-corrected chi connectivity index (χ4v) is 9.61. The summed E-state index contributed by atoms with van der Waals surface area (Å²) in [6.07, 6.45) is 2.45. The number of aliphatic imine (C=N–C) groups is 1. The van der Waals surface area contributed by atoms with Gasteiger partial charge in [-0.1, -0.05) is 67.3 Å². The van der Waals surface area contributed by atoms with E-state index in [4.69, 9.17) is 20.9 Å². The summed E-state index contributed by atoms with van der Waals surface area (Å²) in [7, 11) is -4.81. The molecule has 0 amide bonds. The minimum Gasteiger partial charge on any atom is -0.748 e. The zero-order valence-corrected chi connectivity index (χ0v) is 31.6. The average Bonchev–Trinajstić information content (AvgIpc) is 3.18. The standard InChI is InChI=1S/C39H43N3O7S.Na/c1-2-22-20-35(50(45,46)47)33-18-29-16-28(19-34-27(21-43)5-3-4-26-17-30(44)12-15-32(26)37(29)49-34)36(33)24-6-8-25(9-7-24)38(42-39(40)41)48-31-13-10-23(22)11-14-31;/h6-15,17-18,22,27-28,33-38,43-44H,2,5,16,19-21H2,1H3,(H4,40,41,42)(H,45,46,47);/q;+1/p-1/t22-,27+,28+,33-,34+,35-,36+,37-,38-;/m1./s1. The number of hydrogen-bond acceptors (Lipinski definition) is 8. The number of aromatic hydroxyl groups is 1. The number of nitrogens with zero attached hydrogens (tertiary/aromatic N) is 1. The maximum absolute atomic E-state index is 13.5. The van der Waals surface area contributed by atoms with Crippen LogP contribution in [0.3, 0.4) is 0 Å². The van der Waals surface area contributed by atoms with Gasteiger partial charge in [0.2, 0.25) is 6.23 Å². The maximum atomic E-state index is 13.5. The van der Waals surface area contributed by atoms with Gasteiger partial charge in [-0.25, -0.2) is 13.4 Å². The van der Waals surface area contributed by atoms with Crippen molar-refractivity contribution < 1.29 is 62.2 Å². The predicted molar refractivity (Wildman–Crippen MR) is 188 cm³/mol. The largest absolute Gasteiger partial charge is 1.00 e. The van der Waals surface area contributed by atoms with Crippen LogP contribution in [0.4, 0.5) is 0 Å². The Kier molecular flexibility index (Phi) is 11.2. The van der Waals surface area contributed by atoms with Crippen LogP contribution in [0.25, 0.3) is 0 Å². The fraction of sp³-hybridized carbons (Fsp3) is 0.410. The average molecular weight is 720 g/mol. The Bertz CT molecular complexity index is 1970. The molecule has 1 fully saturated rings. The monoisotopic (exact) mass is 719 g/mol. The normalized spacial score (nSPS) is 29.5. The molecular formula is C39H42N3NaO7S. The number of rotatable bonds is 4. The van der Waals surface area contributed by atoms with Crippen molar-refractivity contribution >= 4 is 16.1 Å². The summed E-state index contributed by atoms with van der Waals surface area (Å²) < 4.78 is 53.7. The van der Waals surface area contributed by atoms with Crippen LogP contribution in [0.2, 0.25) is 0 Å². The Hall–Kier alpha value is -3.34.